The summed E-state index contributed by atoms with van der Waals surface area (Å²) in [7, 11) is 0. The molecule has 0 aromatic heterocycles. The first-order valence-corrected chi connectivity index (χ1v) is 15.3. The zero-order valence-corrected chi connectivity index (χ0v) is 25.8. The molecule has 0 bridgehead atoms. The average Bonchev–Trinajstić information content (AvgIpc) is 3.45. The van der Waals surface area contributed by atoms with Crippen molar-refractivity contribution in [2.24, 2.45) is 22.2 Å². The van der Waals surface area contributed by atoms with Gasteiger partial charge in [-0.3, -0.25) is 9.69 Å². The van der Waals surface area contributed by atoms with Crippen molar-refractivity contribution in [3.63, 3.8) is 0 Å². The predicted molar refractivity (Wildman–Crippen MR) is 158 cm³/mol. The maximum Gasteiger partial charge on any atom is 0.251 e. The molecule has 4 aliphatic rings. The molecule has 4 fully saturated rings. The van der Waals surface area contributed by atoms with E-state index in [1.807, 2.05) is 0 Å². The molecule has 0 N–H and O–H groups in total. The maximum absolute atomic E-state index is 14.8. The van der Waals surface area contributed by atoms with E-state index >= 15 is 0 Å². The highest BCUT2D eigenvalue weighted by molar-refractivity contribution is 6.00. The number of hydrogen-bond acceptors (Lipinski definition) is 4. The minimum Gasteiger partial charge on any atom is -0.338 e. The molecule has 3 unspecified atom stereocenters. The lowest BCUT2D eigenvalue weighted by Gasteiger charge is -2.40. The van der Waals surface area contributed by atoms with Crippen molar-refractivity contribution >= 4 is 11.6 Å². The first kappa shape index (κ1) is 28.0. The third kappa shape index (κ3) is 3.97. The number of likely N-dealkylation sites (tertiary alicyclic amines) is 2. The van der Waals surface area contributed by atoms with Crippen molar-refractivity contribution in [1.29, 1.82) is 0 Å². The van der Waals surface area contributed by atoms with Crippen LogP contribution in [0.3, 0.4) is 0 Å². The molecule has 3 saturated heterocycles. The molecule has 1 saturated carbocycles. The third-order valence-corrected chi connectivity index (χ3v) is 11.6. The summed E-state index contributed by atoms with van der Waals surface area (Å²) >= 11 is 0. The van der Waals surface area contributed by atoms with Gasteiger partial charge in [-0.1, -0.05) is 59.7 Å². The van der Waals surface area contributed by atoms with Crippen LogP contribution < -0.4 is 4.90 Å². The van der Waals surface area contributed by atoms with E-state index < -0.39 is 5.54 Å². The van der Waals surface area contributed by atoms with Crippen LogP contribution in [0, 0.1) is 22.2 Å². The molecule has 1 aromatic rings. The van der Waals surface area contributed by atoms with Crippen LogP contribution in [0.1, 0.15) is 88.0 Å². The highest BCUT2D eigenvalue weighted by Crippen LogP contribution is 2.78. The van der Waals surface area contributed by atoms with Gasteiger partial charge in [0.15, 0.2) is 0 Å². The van der Waals surface area contributed by atoms with E-state index in [0.717, 1.165) is 26.1 Å². The van der Waals surface area contributed by atoms with Gasteiger partial charge in [0.1, 0.15) is 5.54 Å². The molecule has 1 aromatic carbocycles. The van der Waals surface area contributed by atoms with Crippen LogP contribution in [0.25, 0.3) is 0 Å². The zero-order chi connectivity index (χ0) is 27.7. The van der Waals surface area contributed by atoms with E-state index in [1.165, 1.54) is 38.0 Å². The van der Waals surface area contributed by atoms with Crippen LogP contribution >= 0.6 is 0 Å². The lowest BCUT2D eigenvalue weighted by atomic mass is 9.82. The Kier molecular flexibility index (Phi) is 6.79. The van der Waals surface area contributed by atoms with E-state index in [2.05, 4.69) is 112 Å². The Morgan fingerprint density at radius 2 is 1.66 bits per heavy atom. The summed E-state index contributed by atoms with van der Waals surface area (Å²) in [6.45, 7) is 27.4. The van der Waals surface area contributed by atoms with E-state index in [9.17, 15) is 4.79 Å². The second-order valence-corrected chi connectivity index (χ2v) is 15.3. The minimum absolute atomic E-state index is 0.0597. The van der Waals surface area contributed by atoms with Gasteiger partial charge in [-0.15, -0.1) is 0 Å². The van der Waals surface area contributed by atoms with Crippen LogP contribution in [0.4, 0.5) is 5.69 Å². The largest absolute Gasteiger partial charge is 0.338 e. The Hall–Kier alpha value is -1.59. The van der Waals surface area contributed by atoms with Crippen LogP contribution in [-0.2, 0) is 4.79 Å². The van der Waals surface area contributed by atoms with E-state index in [4.69, 9.17) is 0 Å². The fourth-order valence-electron chi connectivity index (χ4n) is 9.26. The SMILES string of the molecule is CCN1CCCC1C(C)(C)CN1CN(c2ccccc2)C2(C1=O)C(C)(C)[C@]2(C)CC1CCN(C(C)(C)C)C1. The number of para-hydroxylation sites is 1. The van der Waals surface area contributed by atoms with Gasteiger partial charge in [0.25, 0.3) is 5.91 Å². The summed E-state index contributed by atoms with van der Waals surface area (Å²) in [5, 5.41) is 0. The summed E-state index contributed by atoms with van der Waals surface area (Å²) in [6, 6.07) is 11.3. The molecule has 212 valence electrons. The molecule has 1 spiro atoms. The number of carbonyl (C=O) groups is 1. The number of nitrogens with zero attached hydrogens (tertiary/aromatic N) is 4. The molecular weight excluding hydrogens is 468 g/mol. The molecule has 3 heterocycles. The van der Waals surface area contributed by atoms with Gasteiger partial charge in [0, 0.05) is 41.2 Å². The molecule has 5 nitrogen and oxygen atoms in total. The van der Waals surface area contributed by atoms with Crippen molar-refractivity contribution < 1.29 is 4.79 Å². The Bertz CT molecular complexity index is 1030. The summed E-state index contributed by atoms with van der Waals surface area (Å²) in [4.78, 5) is 24.8. The predicted octanol–water partition coefficient (Wildman–Crippen LogP) is 6.10. The monoisotopic (exact) mass is 522 g/mol. The molecule has 5 rings (SSSR count). The standard InChI is InChI=1S/C33H54N4O/c1-10-34-19-14-17-27(34)30(5,6)23-35-24-37(26-15-12-11-13-16-26)33(28(35)38)31(7,8)32(33,9)21-25-18-20-36(22-25)29(2,3)4/h11-13,15-16,25,27H,10,14,17-24H2,1-9H3/t25?,27?,32-,33?/m0/s1. The smallest absolute Gasteiger partial charge is 0.251 e. The molecule has 0 radical (unpaired) electrons. The number of benzene rings is 1. The first-order valence-electron chi connectivity index (χ1n) is 15.3. The van der Waals surface area contributed by atoms with E-state index in [1.54, 1.807) is 0 Å². The van der Waals surface area contributed by atoms with Gasteiger partial charge < -0.3 is 14.7 Å². The lowest BCUT2D eigenvalue weighted by Crippen LogP contribution is -2.49. The summed E-state index contributed by atoms with van der Waals surface area (Å²) in [5.74, 6) is 1.01. The Balaban J connectivity index is 1.46. The fraction of sp³-hybridized carbons (Fsp3) is 0.788. The molecule has 1 aliphatic carbocycles. The van der Waals surface area contributed by atoms with Gasteiger partial charge in [0.05, 0.1) is 6.67 Å². The summed E-state index contributed by atoms with van der Waals surface area (Å²) in [6.07, 6.45) is 4.87. The Morgan fingerprint density at radius 1 is 0.974 bits per heavy atom. The highest BCUT2D eigenvalue weighted by atomic mass is 16.2. The number of anilines is 1. The molecule has 5 heteroatoms. The first-order chi connectivity index (χ1) is 17.7. The van der Waals surface area contributed by atoms with Gasteiger partial charge in [-0.25, -0.2) is 0 Å². The number of rotatable bonds is 7. The quantitative estimate of drug-likeness (QED) is 0.433. The molecule has 38 heavy (non-hydrogen) atoms. The fourth-order valence-corrected chi connectivity index (χ4v) is 9.26. The molecular formula is C33H54N4O. The van der Waals surface area contributed by atoms with Gasteiger partial charge in [-0.2, -0.15) is 0 Å². The topological polar surface area (TPSA) is 30.0 Å². The highest BCUT2D eigenvalue weighted by Gasteiger charge is 2.88. The van der Waals surface area contributed by atoms with Crippen LogP contribution in [0.2, 0.25) is 0 Å². The second-order valence-electron chi connectivity index (χ2n) is 15.3. The summed E-state index contributed by atoms with van der Waals surface area (Å²) in [5.41, 5.74) is 0.825. The van der Waals surface area contributed by atoms with Crippen LogP contribution in [0.15, 0.2) is 30.3 Å². The van der Waals surface area contributed by atoms with Gasteiger partial charge >= 0.3 is 0 Å². The van der Waals surface area contributed by atoms with Crippen LogP contribution in [-0.4, -0.2) is 77.1 Å². The summed E-state index contributed by atoms with van der Waals surface area (Å²) < 4.78 is 0. The van der Waals surface area contributed by atoms with Crippen molar-refractivity contribution in [3.8, 4) is 0 Å². The second kappa shape index (κ2) is 9.23. The van der Waals surface area contributed by atoms with Gasteiger partial charge in [0.2, 0.25) is 0 Å². The Labute approximate surface area is 232 Å². The molecule has 1 amide bonds. The van der Waals surface area contributed by atoms with Crippen LogP contribution in [0.5, 0.6) is 0 Å². The lowest BCUT2D eigenvalue weighted by molar-refractivity contribution is -0.132. The molecule has 4 atom stereocenters. The van der Waals surface area contributed by atoms with Crippen molar-refractivity contribution in [2.75, 3.05) is 44.3 Å². The molecule has 3 aliphatic heterocycles. The number of hydrogen-bond donors (Lipinski definition) is 0. The van der Waals surface area contributed by atoms with E-state index in [-0.39, 0.29) is 21.8 Å². The van der Waals surface area contributed by atoms with E-state index in [0.29, 0.717) is 24.5 Å². The average molecular weight is 523 g/mol. The van der Waals surface area contributed by atoms with Gasteiger partial charge in [-0.05, 0) is 89.6 Å². The van der Waals surface area contributed by atoms with Crippen molar-refractivity contribution in [1.82, 2.24) is 14.7 Å². The van der Waals surface area contributed by atoms with Crippen molar-refractivity contribution in [3.05, 3.63) is 30.3 Å². The maximum atomic E-state index is 14.8. The number of amides is 1. The number of carbonyl (C=O) groups excluding carboxylic acids is 1. The zero-order valence-electron chi connectivity index (χ0n) is 25.8. The minimum atomic E-state index is -0.479. The third-order valence-electron chi connectivity index (χ3n) is 11.6. The van der Waals surface area contributed by atoms with Crippen molar-refractivity contribution in [2.45, 2.75) is 105 Å². The normalized spacial score (nSPS) is 34.2. The Morgan fingerprint density at radius 3 is 2.26 bits per heavy atom.